The molecule has 45 heavy (non-hydrogen) atoms. The molecule has 11 heteroatoms. The molecule has 0 radical (unpaired) electrons. The van der Waals surface area contributed by atoms with Gasteiger partial charge in [0.25, 0.3) is 0 Å². The van der Waals surface area contributed by atoms with Crippen LogP contribution in [0.2, 0.25) is 6.04 Å². The van der Waals surface area contributed by atoms with Gasteiger partial charge in [0.15, 0.2) is 11.5 Å². The van der Waals surface area contributed by atoms with E-state index < -0.39 is 20.9 Å². The predicted molar refractivity (Wildman–Crippen MR) is 180 cm³/mol. The number of amides is 1. The van der Waals surface area contributed by atoms with Crippen molar-refractivity contribution < 1.29 is 42.2 Å². The summed E-state index contributed by atoms with van der Waals surface area (Å²) in [7, 11) is -1.12. The number of carboxylic acids is 1. The Balaban J connectivity index is 2.36. The maximum atomic E-state index is 12.0. The van der Waals surface area contributed by atoms with E-state index in [0.717, 1.165) is 37.7 Å². The summed E-state index contributed by atoms with van der Waals surface area (Å²) in [6, 6.07) is 6.15. The number of unbranched alkanes of at least 4 members (excludes halogenated alkanes) is 8. The monoisotopic (exact) mass is 653 g/mol. The van der Waals surface area contributed by atoms with Crippen molar-refractivity contribution in [3.63, 3.8) is 0 Å². The first-order valence-electron chi connectivity index (χ1n) is 16.9. The van der Waals surface area contributed by atoms with Gasteiger partial charge < -0.3 is 37.9 Å². The summed E-state index contributed by atoms with van der Waals surface area (Å²) in [5, 5.41) is 12.5. The van der Waals surface area contributed by atoms with Crippen LogP contribution in [0.25, 0.3) is 6.08 Å². The zero-order valence-corrected chi connectivity index (χ0v) is 29.5. The molecule has 1 aromatic rings. The number of hydrogen-bond acceptors (Lipinski definition) is 8. The van der Waals surface area contributed by atoms with Crippen LogP contribution in [-0.4, -0.2) is 72.7 Å². The number of carboxylic acid groups (broad SMARTS) is 1. The molecule has 0 aliphatic rings. The molecule has 258 valence electrons. The maximum Gasteiger partial charge on any atom is 0.500 e. The van der Waals surface area contributed by atoms with Crippen LogP contribution >= 0.6 is 0 Å². The van der Waals surface area contributed by atoms with Gasteiger partial charge in [-0.05, 0) is 76.6 Å². The van der Waals surface area contributed by atoms with Gasteiger partial charge in [0.1, 0.15) is 0 Å². The molecular weight excluding hydrogens is 594 g/mol. The first-order chi connectivity index (χ1) is 21.8. The largest absolute Gasteiger partial charge is 0.500 e. The summed E-state index contributed by atoms with van der Waals surface area (Å²) in [6.45, 7) is 10.9. The van der Waals surface area contributed by atoms with Crippen LogP contribution in [0.1, 0.15) is 110 Å². The number of hydrogen-bond donors (Lipinski definition) is 2. The maximum absolute atomic E-state index is 12.0. The predicted octanol–water partition coefficient (Wildman–Crippen LogP) is 8.02. The van der Waals surface area contributed by atoms with Crippen molar-refractivity contribution in [2.24, 2.45) is 0 Å². The van der Waals surface area contributed by atoms with Gasteiger partial charge in [0.2, 0.25) is 0 Å². The second-order valence-corrected chi connectivity index (χ2v) is 13.5. The van der Waals surface area contributed by atoms with Crippen molar-refractivity contribution >= 4 is 26.9 Å². The zero-order valence-electron chi connectivity index (χ0n) is 28.5. The standard InChI is InChI=1S/C34H59NO9Si/c1-6-10-11-12-14-17-24-40-31-22-21-29(28-32(31)39-5)27-30(33(36)37)20-16-13-15-18-25-41-34(38)35-23-19-26-45(42-7-2,43-8-3)44-9-4/h21-22,27-28H,6-20,23-26H2,1-5H3,(H,35,38)(H,36,37)/b30-27+. The van der Waals surface area contributed by atoms with Crippen molar-refractivity contribution in [2.75, 3.05) is 46.7 Å². The van der Waals surface area contributed by atoms with Crippen LogP contribution < -0.4 is 14.8 Å². The fourth-order valence-corrected chi connectivity index (χ4v) is 7.50. The highest BCUT2D eigenvalue weighted by Crippen LogP contribution is 2.30. The Bertz CT molecular complexity index is 956. The van der Waals surface area contributed by atoms with E-state index in [1.807, 2.05) is 39.0 Å². The van der Waals surface area contributed by atoms with Crippen LogP contribution in [-0.2, 0) is 22.8 Å². The highest BCUT2D eigenvalue weighted by molar-refractivity contribution is 6.60. The highest BCUT2D eigenvalue weighted by Gasteiger charge is 2.39. The third-order valence-electron chi connectivity index (χ3n) is 7.15. The lowest BCUT2D eigenvalue weighted by Crippen LogP contribution is -2.46. The molecular formula is C34H59NO9Si. The molecule has 0 spiro atoms. The lowest BCUT2D eigenvalue weighted by atomic mass is 10.0. The lowest BCUT2D eigenvalue weighted by Gasteiger charge is -2.28. The molecule has 1 aromatic carbocycles. The quantitative estimate of drug-likeness (QED) is 0.0526. The van der Waals surface area contributed by atoms with Gasteiger partial charge in [0, 0.05) is 38.0 Å². The second-order valence-electron chi connectivity index (χ2n) is 10.8. The number of aliphatic carboxylic acids is 1. The van der Waals surface area contributed by atoms with E-state index in [1.54, 1.807) is 13.2 Å². The number of alkyl carbamates (subject to hydrolysis) is 1. The summed E-state index contributed by atoms with van der Waals surface area (Å²) in [5.74, 6) is 0.338. The van der Waals surface area contributed by atoms with Gasteiger partial charge >= 0.3 is 20.9 Å². The minimum Gasteiger partial charge on any atom is -0.493 e. The lowest BCUT2D eigenvalue weighted by molar-refractivity contribution is -0.132. The van der Waals surface area contributed by atoms with Crippen LogP contribution in [0.5, 0.6) is 11.5 Å². The second kappa shape index (κ2) is 25.6. The molecule has 0 aromatic heterocycles. The number of nitrogens with one attached hydrogen (secondary N) is 1. The van der Waals surface area contributed by atoms with Gasteiger partial charge in [-0.2, -0.15) is 0 Å². The summed E-state index contributed by atoms with van der Waals surface area (Å²) >= 11 is 0. The van der Waals surface area contributed by atoms with E-state index in [-0.39, 0.29) is 0 Å². The molecule has 1 rings (SSSR count). The number of methoxy groups -OCH3 is 1. The normalized spacial score (nSPS) is 11.8. The van der Waals surface area contributed by atoms with Crippen molar-refractivity contribution in [2.45, 2.75) is 111 Å². The number of carbonyl (C=O) groups is 2. The minimum atomic E-state index is -2.71. The van der Waals surface area contributed by atoms with E-state index in [1.165, 1.54) is 25.7 Å². The Morgan fingerprint density at radius 1 is 0.800 bits per heavy atom. The van der Waals surface area contributed by atoms with Crippen LogP contribution in [0, 0.1) is 0 Å². The highest BCUT2D eigenvalue weighted by atomic mass is 28.4. The number of carbonyl (C=O) groups excluding carboxylic acids is 1. The van der Waals surface area contributed by atoms with Gasteiger partial charge in [-0.25, -0.2) is 9.59 Å². The Labute approximate surface area is 272 Å². The SMILES string of the molecule is CCCCCCCCOc1ccc(/C=C(\CCCCCCOC(=O)NCCC[Si](OCC)(OCC)OCC)C(=O)O)cc1OC. The van der Waals surface area contributed by atoms with Gasteiger partial charge in [0.05, 0.1) is 20.3 Å². The van der Waals surface area contributed by atoms with Crippen molar-refractivity contribution in [3.8, 4) is 11.5 Å². The molecule has 0 aliphatic heterocycles. The molecule has 0 bridgehead atoms. The molecule has 0 atom stereocenters. The van der Waals surface area contributed by atoms with Gasteiger partial charge in [-0.3, -0.25) is 0 Å². The molecule has 0 saturated heterocycles. The smallest absolute Gasteiger partial charge is 0.493 e. The van der Waals surface area contributed by atoms with Gasteiger partial charge in [-0.15, -0.1) is 0 Å². The van der Waals surface area contributed by atoms with Crippen LogP contribution in [0.3, 0.4) is 0 Å². The molecule has 10 nitrogen and oxygen atoms in total. The molecule has 0 fully saturated rings. The van der Waals surface area contributed by atoms with E-state index in [2.05, 4.69) is 12.2 Å². The van der Waals surface area contributed by atoms with Crippen molar-refractivity contribution in [1.29, 1.82) is 0 Å². The van der Waals surface area contributed by atoms with Crippen LogP contribution in [0.4, 0.5) is 4.79 Å². The summed E-state index contributed by atoms with van der Waals surface area (Å²) in [6.07, 6.45) is 12.6. The van der Waals surface area contributed by atoms with Crippen LogP contribution in [0.15, 0.2) is 23.8 Å². The number of ether oxygens (including phenoxy) is 3. The molecule has 1 amide bonds. The Kier molecular flexibility index (Phi) is 23.0. The zero-order chi connectivity index (χ0) is 33.2. The van der Waals surface area contributed by atoms with Crippen molar-refractivity contribution in [3.05, 3.63) is 29.3 Å². The summed E-state index contributed by atoms with van der Waals surface area (Å²) in [5.41, 5.74) is 1.11. The molecule has 0 saturated carbocycles. The van der Waals surface area contributed by atoms with Gasteiger partial charge in [-0.1, -0.05) is 57.9 Å². The van der Waals surface area contributed by atoms with E-state index >= 15 is 0 Å². The molecule has 0 unspecified atom stereocenters. The average molecular weight is 654 g/mol. The first-order valence-corrected chi connectivity index (χ1v) is 18.8. The molecule has 2 N–H and O–H groups in total. The van der Waals surface area contributed by atoms with E-state index in [0.29, 0.717) is 82.0 Å². The Morgan fingerprint density at radius 3 is 2.04 bits per heavy atom. The van der Waals surface area contributed by atoms with Crippen molar-refractivity contribution in [1.82, 2.24) is 5.32 Å². The Hall–Kier alpha value is -2.60. The summed E-state index contributed by atoms with van der Waals surface area (Å²) in [4.78, 5) is 23.9. The molecule has 0 heterocycles. The topological polar surface area (TPSA) is 122 Å². The Morgan fingerprint density at radius 2 is 1.42 bits per heavy atom. The third-order valence-corrected chi connectivity index (χ3v) is 10.3. The minimum absolute atomic E-state index is 0.316. The third kappa shape index (κ3) is 18.2. The average Bonchev–Trinajstić information content (AvgIpc) is 3.02. The van der Waals surface area contributed by atoms with E-state index in [9.17, 15) is 14.7 Å². The number of rotatable bonds is 28. The fourth-order valence-electron chi connectivity index (χ4n) is 4.88. The first kappa shape index (κ1) is 40.4. The summed E-state index contributed by atoms with van der Waals surface area (Å²) < 4.78 is 34.2. The molecule has 0 aliphatic carbocycles. The van der Waals surface area contributed by atoms with E-state index in [4.69, 9.17) is 27.5 Å². The number of benzene rings is 1. The fraction of sp³-hybridized carbons (Fsp3) is 0.706.